The SMILES string of the molecule is CC(=O)Nc1ccc(C(=O)N/N=C/c2ccc(C)cc2)cc1. The van der Waals surface area contributed by atoms with Gasteiger partial charge in [0.2, 0.25) is 5.91 Å². The number of aryl methyl sites for hydroxylation is 1. The van der Waals surface area contributed by atoms with E-state index >= 15 is 0 Å². The van der Waals surface area contributed by atoms with Crippen molar-refractivity contribution in [2.75, 3.05) is 5.32 Å². The number of carbonyl (C=O) groups excluding carboxylic acids is 2. The molecule has 0 aliphatic carbocycles. The number of hydrogen-bond donors (Lipinski definition) is 2. The minimum Gasteiger partial charge on any atom is -0.326 e. The molecule has 0 unspecified atom stereocenters. The van der Waals surface area contributed by atoms with E-state index in [0.29, 0.717) is 11.3 Å². The molecule has 5 nitrogen and oxygen atoms in total. The van der Waals surface area contributed by atoms with E-state index in [2.05, 4.69) is 15.8 Å². The number of nitrogens with one attached hydrogen (secondary N) is 2. The van der Waals surface area contributed by atoms with E-state index in [1.54, 1.807) is 30.5 Å². The molecule has 2 aromatic carbocycles. The van der Waals surface area contributed by atoms with Gasteiger partial charge in [-0.1, -0.05) is 29.8 Å². The highest BCUT2D eigenvalue weighted by Crippen LogP contribution is 2.09. The number of hydrogen-bond acceptors (Lipinski definition) is 3. The van der Waals surface area contributed by atoms with Gasteiger partial charge in [-0.25, -0.2) is 5.43 Å². The number of rotatable bonds is 4. The van der Waals surface area contributed by atoms with Crippen LogP contribution in [0.15, 0.2) is 53.6 Å². The number of benzene rings is 2. The average molecular weight is 295 g/mol. The number of nitrogens with zero attached hydrogens (tertiary/aromatic N) is 1. The highest BCUT2D eigenvalue weighted by atomic mass is 16.2. The summed E-state index contributed by atoms with van der Waals surface area (Å²) < 4.78 is 0. The van der Waals surface area contributed by atoms with E-state index in [9.17, 15) is 9.59 Å². The number of anilines is 1. The lowest BCUT2D eigenvalue weighted by Crippen LogP contribution is -2.17. The van der Waals surface area contributed by atoms with Gasteiger partial charge in [0.25, 0.3) is 5.91 Å². The lowest BCUT2D eigenvalue weighted by atomic mass is 10.2. The van der Waals surface area contributed by atoms with Gasteiger partial charge in [-0.2, -0.15) is 5.10 Å². The van der Waals surface area contributed by atoms with Crippen LogP contribution in [0.3, 0.4) is 0 Å². The summed E-state index contributed by atoms with van der Waals surface area (Å²) >= 11 is 0. The molecule has 5 heteroatoms. The summed E-state index contributed by atoms with van der Waals surface area (Å²) in [7, 11) is 0. The molecule has 0 aliphatic heterocycles. The molecule has 0 heterocycles. The van der Waals surface area contributed by atoms with Crippen molar-refractivity contribution < 1.29 is 9.59 Å². The Hall–Kier alpha value is -2.95. The molecule has 2 amide bonds. The van der Waals surface area contributed by atoms with Crippen molar-refractivity contribution in [3.05, 3.63) is 65.2 Å². The molecule has 2 rings (SSSR count). The number of amides is 2. The second-order valence-electron chi connectivity index (χ2n) is 4.87. The zero-order chi connectivity index (χ0) is 15.9. The van der Waals surface area contributed by atoms with Crippen LogP contribution in [-0.2, 0) is 4.79 Å². The Bertz CT molecular complexity index is 689. The largest absolute Gasteiger partial charge is 0.326 e. The third-order valence-corrected chi connectivity index (χ3v) is 2.92. The van der Waals surface area contributed by atoms with E-state index in [4.69, 9.17) is 0 Å². The van der Waals surface area contributed by atoms with Crippen molar-refractivity contribution >= 4 is 23.7 Å². The molecule has 0 saturated heterocycles. The van der Waals surface area contributed by atoms with Crippen LogP contribution < -0.4 is 10.7 Å². The van der Waals surface area contributed by atoms with Crippen molar-refractivity contribution in [2.45, 2.75) is 13.8 Å². The van der Waals surface area contributed by atoms with Crippen LogP contribution >= 0.6 is 0 Å². The summed E-state index contributed by atoms with van der Waals surface area (Å²) in [5.74, 6) is -0.461. The van der Waals surface area contributed by atoms with Crippen LogP contribution in [0.1, 0.15) is 28.4 Å². The van der Waals surface area contributed by atoms with E-state index < -0.39 is 0 Å². The fourth-order valence-corrected chi connectivity index (χ4v) is 1.79. The second-order valence-corrected chi connectivity index (χ2v) is 4.87. The monoisotopic (exact) mass is 295 g/mol. The minimum absolute atomic E-state index is 0.153. The Morgan fingerprint density at radius 1 is 1.00 bits per heavy atom. The number of hydrazone groups is 1. The van der Waals surface area contributed by atoms with Crippen LogP contribution in [0.25, 0.3) is 0 Å². The van der Waals surface area contributed by atoms with Gasteiger partial charge in [0.1, 0.15) is 0 Å². The van der Waals surface area contributed by atoms with Crippen molar-refractivity contribution in [1.82, 2.24) is 5.43 Å². The lowest BCUT2D eigenvalue weighted by molar-refractivity contribution is -0.114. The van der Waals surface area contributed by atoms with Crippen LogP contribution in [-0.4, -0.2) is 18.0 Å². The lowest BCUT2D eigenvalue weighted by Gasteiger charge is -2.03. The van der Waals surface area contributed by atoms with E-state index in [1.807, 2.05) is 31.2 Å². The van der Waals surface area contributed by atoms with Crippen molar-refractivity contribution in [3.63, 3.8) is 0 Å². The van der Waals surface area contributed by atoms with Gasteiger partial charge >= 0.3 is 0 Å². The maximum absolute atomic E-state index is 11.9. The molecule has 2 N–H and O–H groups in total. The fourth-order valence-electron chi connectivity index (χ4n) is 1.79. The summed E-state index contributed by atoms with van der Waals surface area (Å²) in [6.07, 6.45) is 1.59. The molecule has 0 aliphatic rings. The quantitative estimate of drug-likeness (QED) is 0.672. The predicted octanol–water partition coefficient (Wildman–Crippen LogP) is 2.72. The Morgan fingerprint density at radius 2 is 1.64 bits per heavy atom. The molecule has 0 bridgehead atoms. The average Bonchev–Trinajstić information content (AvgIpc) is 2.49. The van der Waals surface area contributed by atoms with Gasteiger partial charge in [-0.3, -0.25) is 9.59 Å². The molecule has 22 heavy (non-hydrogen) atoms. The first kappa shape index (κ1) is 15.4. The molecular formula is C17H17N3O2. The summed E-state index contributed by atoms with van der Waals surface area (Å²) in [4.78, 5) is 22.8. The van der Waals surface area contributed by atoms with Gasteiger partial charge in [0.05, 0.1) is 6.21 Å². The normalized spacial score (nSPS) is 10.5. The molecule has 2 aromatic rings. The van der Waals surface area contributed by atoms with E-state index in [1.165, 1.54) is 12.5 Å². The first-order valence-electron chi connectivity index (χ1n) is 6.82. The molecule has 0 atom stereocenters. The Kier molecular flexibility index (Phi) is 5.03. The molecule has 0 saturated carbocycles. The van der Waals surface area contributed by atoms with Gasteiger partial charge in [-0.15, -0.1) is 0 Å². The Balaban J connectivity index is 1.94. The van der Waals surface area contributed by atoms with Gasteiger partial charge in [0.15, 0.2) is 0 Å². The smallest absolute Gasteiger partial charge is 0.271 e. The maximum atomic E-state index is 11.9. The van der Waals surface area contributed by atoms with Gasteiger partial charge in [-0.05, 0) is 36.8 Å². The first-order chi connectivity index (χ1) is 10.5. The topological polar surface area (TPSA) is 70.6 Å². The van der Waals surface area contributed by atoms with E-state index in [-0.39, 0.29) is 11.8 Å². The zero-order valence-corrected chi connectivity index (χ0v) is 12.5. The maximum Gasteiger partial charge on any atom is 0.271 e. The fraction of sp³-hybridized carbons (Fsp3) is 0.118. The first-order valence-corrected chi connectivity index (χ1v) is 6.82. The summed E-state index contributed by atoms with van der Waals surface area (Å²) in [6, 6.07) is 14.4. The van der Waals surface area contributed by atoms with Gasteiger partial charge in [0, 0.05) is 18.2 Å². The molecule has 0 spiro atoms. The zero-order valence-electron chi connectivity index (χ0n) is 12.5. The molecule has 0 fully saturated rings. The van der Waals surface area contributed by atoms with E-state index in [0.717, 1.165) is 5.56 Å². The van der Waals surface area contributed by atoms with Gasteiger partial charge < -0.3 is 5.32 Å². The van der Waals surface area contributed by atoms with Crippen LogP contribution in [0.5, 0.6) is 0 Å². The summed E-state index contributed by atoms with van der Waals surface area (Å²) in [5.41, 5.74) is 5.66. The van der Waals surface area contributed by atoms with Crippen LogP contribution in [0.2, 0.25) is 0 Å². The molecule has 0 radical (unpaired) electrons. The molecule has 112 valence electrons. The van der Waals surface area contributed by atoms with Crippen molar-refractivity contribution in [2.24, 2.45) is 5.10 Å². The standard InChI is InChI=1S/C17H17N3O2/c1-12-3-5-14(6-4-12)11-18-20-17(22)15-7-9-16(10-8-15)19-13(2)21/h3-11H,1-2H3,(H,19,21)(H,20,22)/b18-11+. The third-order valence-electron chi connectivity index (χ3n) is 2.92. The predicted molar refractivity (Wildman–Crippen MR) is 87.0 cm³/mol. The van der Waals surface area contributed by atoms with Crippen molar-refractivity contribution in [1.29, 1.82) is 0 Å². The highest BCUT2D eigenvalue weighted by molar-refractivity contribution is 5.96. The second kappa shape index (κ2) is 7.17. The van der Waals surface area contributed by atoms with Crippen molar-refractivity contribution in [3.8, 4) is 0 Å². The van der Waals surface area contributed by atoms with Crippen LogP contribution in [0.4, 0.5) is 5.69 Å². The third kappa shape index (κ3) is 4.56. The van der Waals surface area contributed by atoms with Crippen LogP contribution in [0, 0.1) is 6.92 Å². The Labute approximate surface area is 129 Å². The molecular weight excluding hydrogens is 278 g/mol. The summed E-state index contributed by atoms with van der Waals surface area (Å²) in [6.45, 7) is 3.44. The minimum atomic E-state index is -0.308. The highest BCUT2D eigenvalue weighted by Gasteiger charge is 2.04. The number of carbonyl (C=O) groups is 2. The summed E-state index contributed by atoms with van der Waals surface area (Å²) in [5, 5.41) is 6.56. The molecule has 0 aromatic heterocycles. The Morgan fingerprint density at radius 3 is 2.23 bits per heavy atom.